The highest BCUT2D eigenvalue weighted by Gasteiger charge is 2.49. The number of nitrogens with one attached hydrogen (secondary N) is 3. The van der Waals surface area contributed by atoms with Crippen LogP contribution in [0, 0.1) is 28.4 Å². The second kappa shape index (κ2) is 17.4. The molecule has 5 aliphatic rings. The molecule has 1 amide bonds. The van der Waals surface area contributed by atoms with E-state index in [2.05, 4.69) is 67.9 Å². The summed E-state index contributed by atoms with van der Waals surface area (Å²) in [5.41, 5.74) is 4.53. The van der Waals surface area contributed by atoms with Gasteiger partial charge < -0.3 is 29.8 Å². The second-order valence-corrected chi connectivity index (χ2v) is 22.2. The Hall–Kier alpha value is -5.71. The van der Waals surface area contributed by atoms with Gasteiger partial charge in [0.15, 0.2) is 11.4 Å². The third-order valence-electron chi connectivity index (χ3n) is 15.5. The number of nitrogens with zero attached hydrogens (tertiary/aromatic N) is 4. The Labute approximate surface area is 391 Å². The number of aromatic nitrogens is 2. The molecule has 3 aromatic carbocycles. The van der Waals surface area contributed by atoms with E-state index >= 15 is 0 Å². The van der Waals surface area contributed by atoms with E-state index in [0.717, 1.165) is 61.9 Å². The first-order valence-corrected chi connectivity index (χ1v) is 25.4. The van der Waals surface area contributed by atoms with Crippen LogP contribution in [0.3, 0.4) is 0 Å². The number of benzene rings is 3. The number of nitro groups is 1. The average molecular weight is 932 g/mol. The number of H-pyrrole nitrogens is 1. The van der Waals surface area contributed by atoms with Crippen molar-refractivity contribution in [2.24, 2.45) is 11.3 Å². The largest absolute Gasteiger partial charge is 0.489 e. The van der Waals surface area contributed by atoms with E-state index in [9.17, 15) is 28.4 Å². The molecule has 67 heavy (non-hydrogen) atoms. The van der Waals surface area contributed by atoms with Crippen LogP contribution in [0.4, 0.5) is 17.1 Å². The summed E-state index contributed by atoms with van der Waals surface area (Å²) in [6.45, 7) is 12.3. The number of carbonyl (C=O) groups is 1. The second-order valence-electron chi connectivity index (χ2n) is 20.5. The van der Waals surface area contributed by atoms with Gasteiger partial charge >= 0.3 is 0 Å². The number of amides is 1. The number of anilines is 2. The van der Waals surface area contributed by atoms with Crippen molar-refractivity contribution in [3.8, 4) is 17.2 Å². The number of rotatable bonds is 11. The fraction of sp³-hybridized carbons (Fsp3) is 0.490. The molecular weight excluding hydrogens is 871 g/mol. The van der Waals surface area contributed by atoms with Crippen LogP contribution >= 0.6 is 0 Å². The van der Waals surface area contributed by atoms with Crippen molar-refractivity contribution >= 4 is 44.0 Å². The van der Waals surface area contributed by atoms with Gasteiger partial charge in [0.05, 0.1) is 33.2 Å². The fourth-order valence-corrected chi connectivity index (χ4v) is 12.7. The van der Waals surface area contributed by atoms with Crippen molar-refractivity contribution in [2.45, 2.75) is 120 Å². The number of nitro benzene ring substituents is 1. The zero-order valence-electron chi connectivity index (χ0n) is 38.7. The third kappa shape index (κ3) is 8.95. The minimum atomic E-state index is -4.66. The molecule has 1 spiro atoms. The molecule has 3 atom stereocenters. The van der Waals surface area contributed by atoms with Crippen LogP contribution in [0.1, 0.15) is 118 Å². The maximum Gasteiger partial charge on any atom is 0.297 e. The summed E-state index contributed by atoms with van der Waals surface area (Å²) in [4.78, 5) is 38.2. The Morgan fingerprint density at radius 1 is 1.01 bits per heavy atom. The first-order valence-electron chi connectivity index (χ1n) is 23.9. The molecule has 5 aromatic rings. The van der Waals surface area contributed by atoms with Crippen molar-refractivity contribution < 1.29 is 32.7 Å². The van der Waals surface area contributed by atoms with E-state index in [-0.39, 0.29) is 46.7 Å². The highest BCUT2D eigenvalue weighted by molar-refractivity contribution is 7.90. The summed E-state index contributed by atoms with van der Waals surface area (Å²) in [5, 5.41) is 26.9. The molecule has 2 saturated carbocycles. The lowest BCUT2D eigenvalue weighted by Gasteiger charge is -2.57. The summed E-state index contributed by atoms with van der Waals surface area (Å²) in [7, 11) is -4.66. The molecule has 2 aromatic heterocycles. The Kier molecular flexibility index (Phi) is 11.7. The van der Waals surface area contributed by atoms with Crippen LogP contribution in [0.15, 0.2) is 77.8 Å². The van der Waals surface area contributed by atoms with E-state index in [1.54, 1.807) is 18.3 Å². The molecule has 3 aliphatic heterocycles. The van der Waals surface area contributed by atoms with Crippen LogP contribution < -0.4 is 24.4 Å². The number of sulfonamides is 1. The molecule has 354 valence electrons. The lowest BCUT2D eigenvalue weighted by molar-refractivity contribution is -0.384. The van der Waals surface area contributed by atoms with Gasteiger partial charge in [0.2, 0.25) is 0 Å². The van der Waals surface area contributed by atoms with Gasteiger partial charge in [0, 0.05) is 67.2 Å². The number of fused-ring (bicyclic) bond motifs is 2. The van der Waals surface area contributed by atoms with E-state index in [1.165, 1.54) is 36.5 Å². The Balaban J connectivity index is 0.861. The van der Waals surface area contributed by atoms with Crippen molar-refractivity contribution in [3.05, 3.63) is 105 Å². The van der Waals surface area contributed by atoms with E-state index in [0.29, 0.717) is 55.0 Å². The number of hydrogen-bond donors (Lipinski definition) is 4. The maximum absolute atomic E-state index is 14.2. The van der Waals surface area contributed by atoms with Gasteiger partial charge in [-0.15, -0.1) is 0 Å². The third-order valence-corrected chi connectivity index (χ3v) is 16.8. The summed E-state index contributed by atoms with van der Waals surface area (Å²) in [6.07, 6.45) is 9.98. The minimum Gasteiger partial charge on any atom is -0.489 e. The number of carbonyl (C=O) groups excluding carboxylic acids is 1. The Morgan fingerprint density at radius 3 is 2.52 bits per heavy atom. The molecule has 10 rings (SSSR count). The van der Waals surface area contributed by atoms with Gasteiger partial charge in [-0.1, -0.05) is 44.5 Å². The quantitative estimate of drug-likeness (QED) is 0.0727. The molecule has 2 aliphatic carbocycles. The minimum absolute atomic E-state index is 0.00501. The number of hydrogen-bond acceptors (Lipinski definition) is 12. The monoisotopic (exact) mass is 931 g/mol. The van der Waals surface area contributed by atoms with Crippen molar-refractivity contribution in [2.75, 3.05) is 43.0 Å². The van der Waals surface area contributed by atoms with E-state index < -0.39 is 37.0 Å². The predicted molar refractivity (Wildman–Crippen MR) is 257 cm³/mol. The maximum atomic E-state index is 14.2. The predicted octanol–water partition coefficient (Wildman–Crippen LogP) is 9.17. The average Bonchev–Trinajstić information content (AvgIpc) is 3.93. The van der Waals surface area contributed by atoms with Gasteiger partial charge in [-0.05, 0) is 124 Å². The summed E-state index contributed by atoms with van der Waals surface area (Å²) < 4.78 is 42.5. The zero-order chi connectivity index (χ0) is 46.8. The molecule has 0 radical (unpaired) electrons. The first-order chi connectivity index (χ1) is 32.0. The Morgan fingerprint density at radius 2 is 1.78 bits per heavy atom. The molecule has 4 N–H and O–H groups in total. The van der Waals surface area contributed by atoms with E-state index in [4.69, 9.17) is 9.47 Å². The molecular formula is C51H61N7O8S. The van der Waals surface area contributed by atoms with Gasteiger partial charge in [-0.25, -0.2) is 18.1 Å². The van der Waals surface area contributed by atoms with E-state index in [1.807, 2.05) is 32.0 Å². The van der Waals surface area contributed by atoms with Gasteiger partial charge in [-0.3, -0.25) is 19.8 Å². The lowest BCUT2D eigenvalue weighted by Crippen LogP contribution is -2.63. The molecule has 4 fully saturated rings. The number of piperidine rings is 1. The van der Waals surface area contributed by atoms with Crippen LogP contribution in [0.25, 0.3) is 11.0 Å². The smallest absolute Gasteiger partial charge is 0.297 e. The van der Waals surface area contributed by atoms with Gasteiger partial charge in [0.25, 0.3) is 21.6 Å². The van der Waals surface area contributed by atoms with Crippen molar-refractivity contribution in [1.82, 2.24) is 19.6 Å². The van der Waals surface area contributed by atoms with Crippen LogP contribution in [0.2, 0.25) is 0 Å². The Bertz CT molecular complexity index is 2820. The summed E-state index contributed by atoms with van der Waals surface area (Å²) in [5.74, 6) is 0.720. The fourth-order valence-electron chi connectivity index (χ4n) is 11.7. The molecule has 16 heteroatoms. The van der Waals surface area contributed by atoms with Gasteiger partial charge in [0.1, 0.15) is 23.8 Å². The number of ether oxygens (including phenoxy) is 2. The van der Waals surface area contributed by atoms with Crippen LogP contribution in [0.5, 0.6) is 17.2 Å². The number of aliphatic hydroxyl groups is 1. The highest BCUT2D eigenvalue weighted by Crippen LogP contribution is 2.49. The number of likely N-dealkylation sites (tertiary alicyclic amines) is 1. The summed E-state index contributed by atoms with van der Waals surface area (Å²) >= 11 is 0. The zero-order valence-corrected chi connectivity index (χ0v) is 39.5. The highest BCUT2D eigenvalue weighted by atomic mass is 32.2. The molecule has 15 nitrogen and oxygen atoms in total. The van der Waals surface area contributed by atoms with Crippen LogP contribution in [-0.4, -0.2) is 89.7 Å². The van der Waals surface area contributed by atoms with Crippen LogP contribution in [-0.2, 0) is 10.0 Å². The number of aromatic amines is 1. The standard InChI is InChI=1S/C51H61N7O8S/c1-31(2)38-8-5-6-9-39(38)40-10-7-11-43(40)57-29-51(30-57)18-20-56(21-19-51)35-12-13-41(45(24-35)66-36-23-34-22-32(3)53-48(34)52-27-36)49(59)55-67(63,64)37-25-44(58(61)62)47-46(26-37)65-28-42(54-47)33-14-16-50(4,60)17-15-33/h5-6,8-9,12-13,22-27,31,33,40,42-43,54,60H,7,10-11,14-21,28-30H2,1-4H3,(H,52,53)(H,55,59)/t33-,40-,42-,43-,50-/m1/s1. The summed E-state index contributed by atoms with van der Waals surface area (Å²) in [6, 6.07) is 20.4. The topological polar surface area (TPSA) is 192 Å². The molecule has 5 heterocycles. The number of pyridine rings is 1. The normalized spacial score (nSPS) is 25.0. The van der Waals surface area contributed by atoms with Crippen molar-refractivity contribution in [1.29, 1.82) is 0 Å². The first kappa shape index (κ1) is 45.1. The number of aryl methyl sites for hydroxylation is 1. The molecule has 0 unspecified atom stereocenters. The molecule has 0 bridgehead atoms. The SMILES string of the molecule is Cc1cc2cc(Oc3cc(N4CCC5(CC4)CN([C@@H]4CCC[C@@H]4c4ccccc4C(C)C)C5)ccc3C(=O)NS(=O)(=O)c3cc4c(c([N+](=O)[O-])c3)N[C@@H]([C@H]3CC[C@](C)(O)CC3)CO4)cnc2[nH]1. The lowest BCUT2D eigenvalue weighted by atomic mass is 9.70. The van der Waals surface area contributed by atoms with Gasteiger partial charge in [-0.2, -0.15) is 0 Å². The molecule has 2 saturated heterocycles. The van der Waals surface area contributed by atoms with Crippen molar-refractivity contribution in [3.63, 3.8) is 0 Å².